The molecule has 0 aliphatic rings. The van der Waals surface area contributed by atoms with E-state index in [1.165, 1.54) is 4.90 Å². The quantitative estimate of drug-likeness (QED) is 0.547. The Bertz CT molecular complexity index is 1070. The summed E-state index contributed by atoms with van der Waals surface area (Å²) in [4.78, 5) is 6.41. The van der Waals surface area contributed by atoms with Gasteiger partial charge in [0.15, 0.2) is 5.65 Å². The van der Waals surface area contributed by atoms with E-state index >= 15 is 0 Å². The van der Waals surface area contributed by atoms with Crippen molar-refractivity contribution in [1.82, 2.24) is 14.6 Å². The lowest BCUT2D eigenvalue weighted by Gasteiger charge is -2.12. The zero-order chi connectivity index (χ0) is 19.5. The highest BCUT2D eigenvalue weighted by molar-refractivity contribution is 5.82. The smallest absolute Gasteiger partial charge is 0.166 e. The van der Waals surface area contributed by atoms with Gasteiger partial charge in [-0.05, 0) is 12.5 Å². The molecule has 28 heavy (non-hydrogen) atoms. The molecule has 2 N–H and O–H groups in total. The molecule has 0 radical (unpaired) electrons. The molecule has 142 valence electrons. The van der Waals surface area contributed by atoms with Gasteiger partial charge in [-0.25, -0.2) is 4.98 Å². The molecule has 0 bridgehead atoms. The molecule has 5 heteroatoms. The minimum absolute atomic E-state index is 0.870. The van der Waals surface area contributed by atoms with Crippen LogP contribution in [0.2, 0.25) is 0 Å². The van der Waals surface area contributed by atoms with Gasteiger partial charge in [0.25, 0.3) is 0 Å². The summed E-state index contributed by atoms with van der Waals surface area (Å²) in [5.41, 5.74) is 6.13. The lowest BCUT2D eigenvalue weighted by Crippen LogP contribution is -3.06. The summed E-state index contributed by atoms with van der Waals surface area (Å²) < 4.78 is 1.94. The maximum absolute atomic E-state index is 5.00. The lowest BCUT2D eigenvalue weighted by atomic mass is 10.1. The fourth-order valence-electron chi connectivity index (χ4n) is 3.39. The number of nitrogens with one attached hydrogen (secondary N) is 2. The number of hydrogen-bond acceptors (Lipinski definition) is 3. The molecule has 0 aliphatic heterocycles. The number of benzene rings is 2. The molecule has 2 aromatic carbocycles. The topological polar surface area (TPSA) is 46.7 Å². The van der Waals surface area contributed by atoms with Crippen LogP contribution in [0.25, 0.3) is 28.0 Å². The highest BCUT2D eigenvalue weighted by Crippen LogP contribution is 2.31. The third-order valence-corrected chi connectivity index (χ3v) is 4.83. The second-order valence-corrected chi connectivity index (χ2v) is 7.34. The molecule has 0 fully saturated rings. The third-order valence-electron chi connectivity index (χ3n) is 4.83. The molecule has 4 aromatic rings. The molecule has 5 nitrogen and oxygen atoms in total. The largest absolute Gasteiger partial charge is 0.364 e. The Kier molecular flexibility index (Phi) is 5.08. The van der Waals surface area contributed by atoms with E-state index in [0.29, 0.717) is 0 Å². The summed E-state index contributed by atoms with van der Waals surface area (Å²) in [5.74, 6) is 0.968. The molecule has 0 aliphatic carbocycles. The normalized spacial score (nSPS) is 11.3. The summed E-state index contributed by atoms with van der Waals surface area (Å²) in [5, 5.41) is 8.37. The first-order valence-electron chi connectivity index (χ1n) is 9.67. The fraction of sp³-hybridized carbons (Fsp3) is 0.217. The molecule has 0 spiro atoms. The lowest BCUT2D eigenvalue weighted by molar-refractivity contribution is -0.856. The summed E-state index contributed by atoms with van der Waals surface area (Å²) >= 11 is 0. The predicted molar refractivity (Wildman–Crippen MR) is 115 cm³/mol. The molecular formula is C23H26N5+. The number of aryl methyl sites for hydroxylation is 1. The van der Waals surface area contributed by atoms with E-state index in [2.05, 4.69) is 61.9 Å². The Labute approximate surface area is 165 Å². The van der Waals surface area contributed by atoms with Crippen molar-refractivity contribution in [3.05, 3.63) is 72.4 Å². The fourth-order valence-corrected chi connectivity index (χ4v) is 3.39. The Hall–Kier alpha value is -3.18. The van der Waals surface area contributed by atoms with Crippen LogP contribution >= 0.6 is 0 Å². The average Bonchev–Trinajstić information content (AvgIpc) is 3.05. The van der Waals surface area contributed by atoms with Crippen LogP contribution in [0.1, 0.15) is 5.69 Å². The van der Waals surface area contributed by atoms with Gasteiger partial charge in [0.2, 0.25) is 0 Å². The third kappa shape index (κ3) is 3.62. The van der Waals surface area contributed by atoms with Crippen molar-refractivity contribution < 1.29 is 4.90 Å². The highest BCUT2D eigenvalue weighted by Gasteiger charge is 2.17. The van der Waals surface area contributed by atoms with Gasteiger partial charge in [0.05, 0.1) is 38.6 Å². The molecule has 4 rings (SSSR count). The van der Waals surface area contributed by atoms with Crippen molar-refractivity contribution in [3.8, 4) is 22.4 Å². The molecule has 0 amide bonds. The zero-order valence-electron chi connectivity index (χ0n) is 16.6. The standard InChI is InChI=1S/C23H25N5/c1-17-22(19-12-8-5-9-13-19)23-25-20(18-10-6-4-7-11-18)16-21(28(23)26-17)24-14-15-27(2)3/h4-13,16,24H,14-15H2,1-3H3/p+1. The van der Waals surface area contributed by atoms with Gasteiger partial charge < -0.3 is 10.2 Å². The Morgan fingerprint density at radius 3 is 2.21 bits per heavy atom. The second kappa shape index (κ2) is 7.82. The predicted octanol–water partition coefficient (Wildman–Crippen LogP) is 2.93. The summed E-state index contributed by atoms with van der Waals surface area (Å²) in [7, 11) is 4.32. The second-order valence-electron chi connectivity index (χ2n) is 7.34. The number of hydrogen-bond donors (Lipinski definition) is 2. The van der Waals surface area contributed by atoms with E-state index in [1.807, 2.05) is 35.7 Å². The zero-order valence-corrected chi connectivity index (χ0v) is 16.6. The molecule has 0 saturated heterocycles. The maximum Gasteiger partial charge on any atom is 0.166 e. The van der Waals surface area contributed by atoms with Crippen LogP contribution in [-0.2, 0) is 0 Å². The van der Waals surface area contributed by atoms with E-state index in [4.69, 9.17) is 10.1 Å². The number of likely N-dealkylation sites (N-methyl/N-ethyl adjacent to an activating group) is 1. The van der Waals surface area contributed by atoms with Gasteiger partial charge in [0, 0.05) is 17.2 Å². The van der Waals surface area contributed by atoms with Crippen molar-refractivity contribution in [1.29, 1.82) is 0 Å². The van der Waals surface area contributed by atoms with Crippen LogP contribution in [0.5, 0.6) is 0 Å². The van der Waals surface area contributed by atoms with Gasteiger partial charge in [-0.3, -0.25) is 0 Å². The number of rotatable bonds is 6. The van der Waals surface area contributed by atoms with Crippen LogP contribution in [0, 0.1) is 6.92 Å². The summed E-state index contributed by atoms with van der Waals surface area (Å²) in [6.45, 7) is 3.94. The molecule has 2 heterocycles. The van der Waals surface area contributed by atoms with E-state index in [-0.39, 0.29) is 0 Å². The van der Waals surface area contributed by atoms with Gasteiger partial charge in [-0.15, -0.1) is 0 Å². The maximum atomic E-state index is 5.00. The van der Waals surface area contributed by atoms with Gasteiger partial charge in [-0.2, -0.15) is 9.61 Å². The Balaban J connectivity index is 1.89. The van der Waals surface area contributed by atoms with Gasteiger partial charge >= 0.3 is 0 Å². The Morgan fingerprint density at radius 2 is 1.57 bits per heavy atom. The van der Waals surface area contributed by atoms with Crippen LogP contribution in [0.3, 0.4) is 0 Å². The van der Waals surface area contributed by atoms with Crippen molar-refractivity contribution in [3.63, 3.8) is 0 Å². The van der Waals surface area contributed by atoms with Gasteiger partial charge in [-0.1, -0.05) is 60.7 Å². The molecular weight excluding hydrogens is 346 g/mol. The average molecular weight is 372 g/mol. The number of quaternary nitrogens is 1. The molecule has 0 atom stereocenters. The van der Waals surface area contributed by atoms with E-state index in [0.717, 1.165) is 52.6 Å². The Morgan fingerprint density at radius 1 is 0.929 bits per heavy atom. The molecule has 2 aromatic heterocycles. The van der Waals surface area contributed by atoms with Crippen molar-refractivity contribution in [2.45, 2.75) is 6.92 Å². The van der Waals surface area contributed by atoms with Crippen molar-refractivity contribution >= 4 is 11.5 Å². The van der Waals surface area contributed by atoms with E-state index in [1.54, 1.807) is 0 Å². The van der Waals surface area contributed by atoms with Crippen LogP contribution in [-0.4, -0.2) is 41.8 Å². The minimum atomic E-state index is 0.870. The molecule has 0 unspecified atom stereocenters. The highest BCUT2D eigenvalue weighted by atomic mass is 15.3. The van der Waals surface area contributed by atoms with Crippen molar-refractivity contribution in [2.75, 3.05) is 32.5 Å². The van der Waals surface area contributed by atoms with Crippen LogP contribution in [0.15, 0.2) is 66.7 Å². The summed E-state index contributed by atoms with van der Waals surface area (Å²) in [6.07, 6.45) is 0. The first kappa shape index (κ1) is 18.2. The van der Waals surface area contributed by atoms with Crippen molar-refractivity contribution in [2.24, 2.45) is 0 Å². The van der Waals surface area contributed by atoms with E-state index in [9.17, 15) is 0 Å². The SMILES string of the molecule is Cc1nn2c(NCC[NH+](C)C)cc(-c3ccccc3)nc2c1-c1ccccc1. The first-order chi connectivity index (χ1) is 13.6. The number of aromatic nitrogens is 3. The number of nitrogens with zero attached hydrogens (tertiary/aromatic N) is 3. The summed E-state index contributed by atoms with van der Waals surface area (Å²) in [6, 6.07) is 22.8. The van der Waals surface area contributed by atoms with Gasteiger partial charge in [0.1, 0.15) is 5.82 Å². The first-order valence-corrected chi connectivity index (χ1v) is 9.67. The number of fused-ring (bicyclic) bond motifs is 1. The van der Waals surface area contributed by atoms with Crippen LogP contribution in [0.4, 0.5) is 5.82 Å². The number of anilines is 1. The molecule has 0 saturated carbocycles. The minimum Gasteiger partial charge on any atom is -0.364 e. The van der Waals surface area contributed by atoms with Crippen LogP contribution < -0.4 is 10.2 Å². The van der Waals surface area contributed by atoms with E-state index < -0.39 is 0 Å². The monoisotopic (exact) mass is 372 g/mol.